The first-order valence-electron chi connectivity index (χ1n) is 9.48. The maximum Gasteiger partial charge on any atom is 0.341 e. The number of carbonyl (C=O) groups is 2. The molecule has 32 heavy (non-hydrogen) atoms. The lowest BCUT2D eigenvalue weighted by Crippen LogP contribution is -2.21. The Kier molecular flexibility index (Phi) is 7.56. The van der Waals surface area contributed by atoms with E-state index < -0.39 is 18.5 Å². The van der Waals surface area contributed by atoms with Gasteiger partial charge in [-0.2, -0.15) is 5.10 Å². The molecule has 0 aliphatic carbocycles. The average Bonchev–Trinajstić information content (AvgIpc) is 3.27. The summed E-state index contributed by atoms with van der Waals surface area (Å²) in [4.78, 5) is 24.5. The lowest BCUT2D eigenvalue weighted by molar-refractivity contribution is -0.119. The number of anilines is 1. The second-order valence-corrected chi connectivity index (χ2v) is 6.96. The molecule has 3 aromatic rings. The van der Waals surface area contributed by atoms with Crippen LogP contribution in [0, 0.1) is 0 Å². The molecule has 1 amide bonds. The maximum absolute atomic E-state index is 12.3. The first kappa shape index (κ1) is 23.0. The first-order valence-corrected chi connectivity index (χ1v) is 9.85. The minimum Gasteiger partial charge on any atom is -0.493 e. The summed E-state index contributed by atoms with van der Waals surface area (Å²) >= 11 is 6.15. The van der Waals surface area contributed by atoms with Crippen molar-refractivity contribution in [2.75, 3.05) is 33.3 Å². The maximum atomic E-state index is 12.3. The topological polar surface area (TPSA) is 101 Å². The summed E-state index contributed by atoms with van der Waals surface area (Å²) in [6.07, 6.45) is 2.90. The van der Waals surface area contributed by atoms with Crippen LogP contribution in [0.3, 0.4) is 0 Å². The van der Waals surface area contributed by atoms with Crippen LogP contribution in [0.15, 0.2) is 48.8 Å². The van der Waals surface area contributed by atoms with Crippen molar-refractivity contribution in [1.29, 1.82) is 0 Å². The quantitative estimate of drug-likeness (QED) is 0.489. The number of nitrogens with one attached hydrogen (secondary N) is 1. The molecule has 2 aromatic carbocycles. The van der Waals surface area contributed by atoms with E-state index >= 15 is 0 Å². The van der Waals surface area contributed by atoms with Gasteiger partial charge in [-0.15, -0.1) is 0 Å². The summed E-state index contributed by atoms with van der Waals surface area (Å²) in [5.41, 5.74) is 1.48. The predicted molar refractivity (Wildman–Crippen MR) is 118 cm³/mol. The van der Waals surface area contributed by atoms with Crippen molar-refractivity contribution in [2.24, 2.45) is 0 Å². The van der Waals surface area contributed by atoms with Gasteiger partial charge in [-0.1, -0.05) is 29.8 Å². The average molecular weight is 460 g/mol. The van der Waals surface area contributed by atoms with E-state index in [2.05, 4.69) is 10.4 Å². The number of aromatic nitrogens is 2. The van der Waals surface area contributed by atoms with Crippen molar-refractivity contribution in [3.63, 3.8) is 0 Å². The van der Waals surface area contributed by atoms with Crippen LogP contribution in [-0.4, -0.2) is 49.6 Å². The van der Waals surface area contributed by atoms with Crippen molar-refractivity contribution in [3.05, 3.63) is 64.9 Å². The fourth-order valence-electron chi connectivity index (χ4n) is 2.92. The molecule has 0 aliphatic rings. The Hall–Kier alpha value is -3.72. The smallest absolute Gasteiger partial charge is 0.341 e. The molecule has 0 saturated carbocycles. The molecule has 0 fully saturated rings. The van der Waals surface area contributed by atoms with Gasteiger partial charge in [-0.05, 0) is 11.6 Å². The molecular formula is C22H22ClN3O6. The van der Waals surface area contributed by atoms with Gasteiger partial charge in [0, 0.05) is 29.0 Å². The molecule has 3 rings (SSSR count). The second-order valence-electron chi connectivity index (χ2n) is 6.56. The third-order valence-corrected chi connectivity index (χ3v) is 4.81. The molecule has 1 heterocycles. The molecule has 0 spiro atoms. The fourth-order valence-corrected chi connectivity index (χ4v) is 3.12. The number of hydrogen-bond donors (Lipinski definition) is 1. The van der Waals surface area contributed by atoms with Crippen molar-refractivity contribution < 1.29 is 28.5 Å². The van der Waals surface area contributed by atoms with Crippen LogP contribution in [0.2, 0.25) is 5.02 Å². The van der Waals surface area contributed by atoms with Crippen LogP contribution in [0.4, 0.5) is 5.69 Å². The van der Waals surface area contributed by atoms with Crippen LogP contribution in [0.1, 0.15) is 15.9 Å². The zero-order valence-electron chi connectivity index (χ0n) is 17.8. The first-order chi connectivity index (χ1) is 15.4. The van der Waals surface area contributed by atoms with E-state index in [1.54, 1.807) is 22.9 Å². The van der Waals surface area contributed by atoms with Gasteiger partial charge in [0.25, 0.3) is 5.91 Å². The summed E-state index contributed by atoms with van der Waals surface area (Å²) in [6.45, 7) is -0.0836. The van der Waals surface area contributed by atoms with Gasteiger partial charge in [0.1, 0.15) is 0 Å². The second kappa shape index (κ2) is 10.5. The van der Waals surface area contributed by atoms with Gasteiger partial charge >= 0.3 is 5.97 Å². The Morgan fingerprint density at radius 1 is 1.06 bits per heavy atom. The zero-order valence-corrected chi connectivity index (χ0v) is 18.5. The Balaban J connectivity index is 1.58. The highest BCUT2D eigenvalue weighted by Gasteiger charge is 2.16. The molecule has 1 aromatic heterocycles. The molecule has 0 saturated heterocycles. The van der Waals surface area contributed by atoms with Crippen LogP contribution in [-0.2, 0) is 16.1 Å². The van der Waals surface area contributed by atoms with Crippen molar-refractivity contribution >= 4 is 29.2 Å². The van der Waals surface area contributed by atoms with E-state index in [1.807, 2.05) is 18.2 Å². The Bertz CT molecular complexity index is 1090. The Labute approximate surface area is 189 Å². The van der Waals surface area contributed by atoms with Crippen molar-refractivity contribution in [3.8, 4) is 17.2 Å². The van der Waals surface area contributed by atoms with E-state index in [0.717, 1.165) is 5.56 Å². The molecule has 10 heteroatoms. The molecular weight excluding hydrogens is 438 g/mol. The van der Waals surface area contributed by atoms with E-state index in [-0.39, 0.29) is 5.56 Å². The van der Waals surface area contributed by atoms with E-state index in [0.29, 0.717) is 34.5 Å². The number of rotatable bonds is 9. The molecule has 0 aliphatic heterocycles. The lowest BCUT2D eigenvalue weighted by atomic mass is 10.2. The van der Waals surface area contributed by atoms with Gasteiger partial charge < -0.3 is 24.3 Å². The number of carbonyl (C=O) groups excluding carboxylic acids is 2. The molecule has 0 unspecified atom stereocenters. The number of nitrogens with zero attached hydrogens (tertiary/aromatic N) is 2. The standard InChI is InChI=1S/C22H22ClN3O6/c1-29-18-8-16(9-19(30-2)21(18)31-3)25-20(27)13-32-22(28)15-10-24-26(12-15)11-14-6-4-5-7-17(14)23/h4-10,12H,11,13H2,1-3H3,(H,25,27). The highest BCUT2D eigenvalue weighted by Crippen LogP contribution is 2.39. The van der Waals surface area contributed by atoms with Gasteiger partial charge in [0.2, 0.25) is 5.75 Å². The minimum absolute atomic E-state index is 0.220. The van der Waals surface area contributed by atoms with Crippen LogP contribution in [0.25, 0.3) is 0 Å². The van der Waals surface area contributed by atoms with E-state index in [4.69, 9.17) is 30.5 Å². The molecule has 0 atom stereocenters. The summed E-state index contributed by atoms with van der Waals surface area (Å²) in [6, 6.07) is 10.5. The SMILES string of the molecule is COc1cc(NC(=O)COC(=O)c2cnn(Cc3ccccc3Cl)c2)cc(OC)c1OC. The highest BCUT2D eigenvalue weighted by atomic mass is 35.5. The predicted octanol–water partition coefficient (Wildman–Crippen LogP) is 3.41. The largest absolute Gasteiger partial charge is 0.493 e. The van der Waals surface area contributed by atoms with Gasteiger partial charge in [0.15, 0.2) is 18.1 Å². The summed E-state index contributed by atoms with van der Waals surface area (Å²) in [5, 5.41) is 7.37. The van der Waals surface area contributed by atoms with Crippen molar-refractivity contribution in [1.82, 2.24) is 9.78 Å². The Morgan fingerprint density at radius 3 is 2.38 bits per heavy atom. The Morgan fingerprint density at radius 2 is 1.75 bits per heavy atom. The van der Waals surface area contributed by atoms with Gasteiger partial charge in [0.05, 0.1) is 39.6 Å². The zero-order chi connectivity index (χ0) is 23.1. The number of amides is 1. The molecule has 0 bridgehead atoms. The van der Waals surface area contributed by atoms with Crippen LogP contribution < -0.4 is 19.5 Å². The molecule has 168 valence electrons. The summed E-state index contributed by atoms with van der Waals surface area (Å²) in [5.74, 6) is -0.0464. The van der Waals surface area contributed by atoms with Gasteiger partial charge in [-0.25, -0.2) is 4.79 Å². The number of halogens is 1. The van der Waals surface area contributed by atoms with E-state index in [9.17, 15) is 9.59 Å². The number of esters is 1. The highest BCUT2D eigenvalue weighted by molar-refractivity contribution is 6.31. The summed E-state index contributed by atoms with van der Waals surface area (Å²) in [7, 11) is 4.42. The normalized spacial score (nSPS) is 10.4. The number of hydrogen-bond acceptors (Lipinski definition) is 7. The molecule has 9 nitrogen and oxygen atoms in total. The fraction of sp³-hybridized carbons (Fsp3) is 0.227. The number of methoxy groups -OCH3 is 3. The number of ether oxygens (including phenoxy) is 4. The molecule has 1 N–H and O–H groups in total. The van der Waals surface area contributed by atoms with Crippen molar-refractivity contribution in [2.45, 2.75) is 6.54 Å². The monoisotopic (exact) mass is 459 g/mol. The number of benzene rings is 2. The summed E-state index contributed by atoms with van der Waals surface area (Å²) < 4.78 is 22.4. The van der Waals surface area contributed by atoms with Crippen LogP contribution >= 0.6 is 11.6 Å². The minimum atomic E-state index is -0.671. The third kappa shape index (κ3) is 5.50. The third-order valence-electron chi connectivity index (χ3n) is 4.44. The van der Waals surface area contributed by atoms with Gasteiger partial charge in [-0.3, -0.25) is 9.48 Å². The van der Waals surface area contributed by atoms with E-state index in [1.165, 1.54) is 33.7 Å². The lowest BCUT2D eigenvalue weighted by Gasteiger charge is -2.14. The van der Waals surface area contributed by atoms with Crippen LogP contribution in [0.5, 0.6) is 17.2 Å². The molecule has 0 radical (unpaired) electrons.